The van der Waals surface area contributed by atoms with E-state index in [2.05, 4.69) is 28.1 Å². The quantitative estimate of drug-likeness (QED) is 0.808. The lowest BCUT2D eigenvalue weighted by molar-refractivity contribution is -0.118. The first-order valence-corrected chi connectivity index (χ1v) is 7.25. The highest BCUT2D eigenvalue weighted by molar-refractivity contribution is 5.59. The highest BCUT2D eigenvalue weighted by atomic mass is 16.1. The van der Waals surface area contributed by atoms with Gasteiger partial charge < -0.3 is 9.80 Å². The van der Waals surface area contributed by atoms with Crippen molar-refractivity contribution in [3.63, 3.8) is 0 Å². The Bertz CT molecular complexity index is 597. The van der Waals surface area contributed by atoms with E-state index in [4.69, 9.17) is 0 Å². The Kier molecular flexibility index (Phi) is 3.86. The molecule has 4 heteroatoms. The van der Waals surface area contributed by atoms with Crippen molar-refractivity contribution in [3.05, 3.63) is 54.2 Å². The van der Waals surface area contributed by atoms with E-state index >= 15 is 0 Å². The summed E-state index contributed by atoms with van der Waals surface area (Å²) in [6, 6.07) is 14.4. The molecule has 21 heavy (non-hydrogen) atoms. The van der Waals surface area contributed by atoms with Crippen LogP contribution in [0.5, 0.6) is 0 Å². The van der Waals surface area contributed by atoms with Gasteiger partial charge >= 0.3 is 0 Å². The molecule has 3 rings (SSSR count). The fourth-order valence-corrected chi connectivity index (χ4v) is 2.85. The van der Waals surface area contributed by atoms with Gasteiger partial charge in [0, 0.05) is 25.5 Å². The topological polar surface area (TPSA) is 36.4 Å². The minimum atomic E-state index is 0.186. The molecule has 0 N–H and O–H groups in total. The van der Waals surface area contributed by atoms with Crippen molar-refractivity contribution >= 4 is 17.9 Å². The minimum absolute atomic E-state index is 0.186. The summed E-state index contributed by atoms with van der Waals surface area (Å²) in [5.41, 5.74) is 2.22. The van der Waals surface area contributed by atoms with Crippen molar-refractivity contribution < 1.29 is 4.79 Å². The molecule has 1 saturated heterocycles. The fraction of sp³-hybridized carbons (Fsp3) is 0.294. The number of carbonyl (C=O) groups excluding carboxylic acids is 1. The highest BCUT2D eigenvalue weighted by Crippen LogP contribution is 2.31. The first-order valence-electron chi connectivity index (χ1n) is 7.25. The van der Waals surface area contributed by atoms with Crippen LogP contribution in [0.3, 0.4) is 0 Å². The zero-order chi connectivity index (χ0) is 14.7. The number of rotatable bonds is 4. The van der Waals surface area contributed by atoms with Crippen LogP contribution in [0.1, 0.15) is 24.4 Å². The van der Waals surface area contributed by atoms with Crippen LogP contribution in [0.15, 0.2) is 48.7 Å². The molecule has 4 nitrogen and oxygen atoms in total. The number of nitrogens with zero attached hydrogens (tertiary/aromatic N) is 3. The van der Waals surface area contributed by atoms with Crippen molar-refractivity contribution in [1.29, 1.82) is 0 Å². The summed E-state index contributed by atoms with van der Waals surface area (Å²) in [6.45, 7) is 0.847. The summed E-state index contributed by atoms with van der Waals surface area (Å²) in [6.07, 6.45) is 4.92. The molecule has 1 aliphatic rings. The number of amides is 1. The van der Waals surface area contributed by atoms with Crippen molar-refractivity contribution in [3.8, 4) is 0 Å². The number of hydrogen-bond acceptors (Lipinski definition) is 3. The van der Waals surface area contributed by atoms with Crippen LogP contribution in [0, 0.1) is 0 Å². The summed E-state index contributed by atoms with van der Waals surface area (Å²) in [7, 11) is 2.00. The van der Waals surface area contributed by atoms with Gasteiger partial charge in [-0.15, -0.1) is 0 Å². The first kappa shape index (κ1) is 13.6. The van der Waals surface area contributed by atoms with E-state index in [1.165, 1.54) is 0 Å². The Morgan fingerprint density at radius 1 is 1.24 bits per heavy atom. The lowest BCUT2D eigenvalue weighted by Crippen LogP contribution is -2.21. The third-order valence-corrected chi connectivity index (χ3v) is 4.07. The van der Waals surface area contributed by atoms with Gasteiger partial charge in [-0.25, -0.2) is 4.98 Å². The van der Waals surface area contributed by atoms with E-state index in [-0.39, 0.29) is 6.04 Å². The summed E-state index contributed by atoms with van der Waals surface area (Å²) in [5.74, 6) is 0.903. The van der Waals surface area contributed by atoms with Gasteiger partial charge in [-0.3, -0.25) is 4.79 Å². The predicted octanol–water partition coefficient (Wildman–Crippen LogP) is 3.14. The molecule has 0 bridgehead atoms. The number of anilines is 2. The summed E-state index contributed by atoms with van der Waals surface area (Å²) in [4.78, 5) is 19.5. The number of para-hydroxylation sites is 1. The SMILES string of the molecule is CN(c1ccccc1)c1ccc([C@H]2CCCN2C=O)cn1. The third-order valence-electron chi connectivity index (χ3n) is 4.07. The largest absolute Gasteiger partial charge is 0.338 e. The Hall–Kier alpha value is -2.36. The van der Waals surface area contributed by atoms with Crippen LogP contribution >= 0.6 is 0 Å². The lowest BCUT2D eigenvalue weighted by atomic mass is 10.1. The molecule has 1 amide bonds. The average Bonchev–Trinajstić information content (AvgIpc) is 3.04. The Morgan fingerprint density at radius 2 is 2.05 bits per heavy atom. The molecule has 0 radical (unpaired) electrons. The van der Waals surface area contributed by atoms with E-state index in [9.17, 15) is 4.79 Å². The smallest absolute Gasteiger partial charge is 0.210 e. The fourth-order valence-electron chi connectivity index (χ4n) is 2.85. The molecule has 0 saturated carbocycles. The van der Waals surface area contributed by atoms with Gasteiger partial charge in [0.15, 0.2) is 0 Å². The second kappa shape index (κ2) is 5.95. The van der Waals surface area contributed by atoms with Crippen LogP contribution in [-0.2, 0) is 4.79 Å². The van der Waals surface area contributed by atoms with Gasteiger partial charge in [0.05, 0.1) is 6.04 Å². The molecule has 0 aliphatic carbocycles. The van der Waals surface area contributed by atoms with Crippen LogP contribution in [0.25, 0.3) is 0 Å². The van der Waals surface area contributed by atoms with Gasteiger partial charge in [-0.1, -0.05) is 24.3 Å². The maximum atomic E-state index is 11.0. The van der Waals surface area contributed by atoms with E-state index in [0.29, 0.717) is 0 Å². The van der Waals surface area contributed by atoms with E-state index < -0.39 is 0 Å². The van der Waals surface area contributed by atoms with Crippen molar-refractivity contribution in [2.45, 2.75) is 18.9 Å². The number of likely N-dealkylation sites (tertiary alicyclic amines) is 1. The second-order valence-corrected chi connectivity index (χ2v) is 5.35. The molecule has 0 spiro atoms. The van der Waals surface area contributed by atoms with Crippen LogP contribution in [0.4, 0.5) is 11.5 Å². The van der Waals surface area contributed by atoms with Gasteiger partial charge in [0.1, 0.15) is 5.82 Å². The molecule has 2 heterocycles. The molecule has 1 aliphatic heterocycles. The van der Waals surface area contributed by atoms with Crippen LogP contribution in [0.2, 0.25) is 0 Å². The van der Waals surface area contributed by atoms with Gasteiger partial charge in [0.2, 0.25) is 6.41 Å². The second-order valence-electron chi connectivity index (χ2n) is 5.35. The zero-order valence-electron chi connectivity index (χ0n) is 12.1. The molecular weight excluding hydrogens is 262 g/mol. The monoisotopic (exact) mass is 281 g/mol. The first-order chi connectivity index (χ1) is 10.3. The third kappa shape index (κ3) is 2.75. The summed E-state index contributed by atoms with van der Waals surface area (Å²) in [5, 5.41) is 0. The van der Waals surface area contributed by atoms with Gasteiger partial charge in [-0.05, 0) is 36.6 Å². The Balaban J connectivity index is 1.79. The van der Waals surface area contributed by atoms with E-state index in [1.807, 2.05) is 42.4 Å². The Morgan fingerprint density at radius 3 is 2.71 bits per heavy atom. The molecule has 0 unspecified atom stereocenters. The minimum Gasteiger partial charge on any atom is -0.338 e. The molecule has 1 aromatic carbocycles. The van der Waals surface area contributed by atoms with E-state index in [0.717, 1.165) is 42.9 Å². The number of pyridine rings is 1. The molecule has 108 valence electrons. The molecule has 1 atom stereocenters. The van der Waals surface area contributed by atoms with Crippen molar-refractivity contribution in [2.75, 3.05) is 18.5 Å². The molecule has 1 fully saturated rings. The van der Waals surface area contributed by atoms with Crippen molar-refractivity contribution in [2.24, 2.45) is 0 Å². The summed E-state index contributed by atoms with van der Waals surface area (Å²) < 4.78 is 0. The van der Waals surface area contributed by atoms with Crippen LogP contribution in [-0.4, -0.2) is 29.9 Å². The maximum absolute atomic E-state index is 11.0. The van der Waals surface area contributed by atoms with Crippen LogP contribution < -0.4 is 4.90 Å². The van der Waals surface area contributed by atoms with Gasteiger partial charge in [0.25, 0.3) is 0 Å². The predicted molar refractivity (Wildman–Crippen MR) is 83.5 cm³/mol. The maximum Gasteiger partial charge on any atom is 0.210 e. The summed E-state index contributed by atoms with van der Waals surface area (Å²) >= 11 is 0. The lowest BCUT2D eigenvalue weighted by Gasteiger charge is -2.22. The van der Waals surface area contributed by atoms with Crippen molar-refractivity contribution in [1.82, 2.24) is 9.88 Å². The van der Waals surface area contributed by atoms with Gasteiger partial charge in [-0.2, -0.15) is 0 Å². The molecular formula is C17H19N3O. The standard InChI is InChI=1S/C17H19N3O/c1-19(15-6-3-2-4-7-15)17-10-9-14(12-18-17)16-8-5-11-20(16)13-21/h2-4,6-7,9-10,12-13,16H,5,8,11H2,1H3/t16-/m1/s1. The highest BCUT2D eigenvalue weighted by Gasteiger charge is 2.24. The molecule has 2 aromatic rings. The number of aromatic nitrogens is 1. The Labute approximate surface area is 125 Å². The normalized spacial score (nSPS) is 17.8. The van der Waals surface area contributed by atoms with E-state index in [1.54, 1.807) is 0 Å². The average molecular weight is 281 g/mol. The number of carbonyl (C=O) groups is 1. The molecule has 1 aromatic heterocycles. The number of benzene rings is 1. The number of hydrogen-bond donors (Lipinski definition) is 0. The zero-order valence-corrected chi connectivity index (χ0v) is 12.1.